The standard InChI is InChI=1S/C10H18F3N3O/c1-7-5-16-8(6-15-7)9(17)14-4-2-3-10(11,12)13/h7-8,15-16H,2-6H2,1H3,(H,14,17). The number of alkyl halides is 3. The first-order chi connectivity index (χ1) is 7.88. The van der Waals surface area contributed by atoms with E-state index < -0.39 is 12.6 Å². The molecule has 0 radical (unpaired) electrons. The van der Waals surface area contributed by atoms with Crippen LogP contribution < -0.4 is 16.0 Å². The van der Waals surface area contributed by atoms with Gasteiger partial charge in [0.1, 0.15) is 0 Å². The summed E-state index contributed by atoms with van der Waals surface area (Å²) in [4.78, 5) is 11.5. The number of piperazine rings is 1. The smallest absolute Gasteiger partial charge is 0.355 e. The fourth-order valence-electron chi connectivity index (χ4n) is 1.59. The number of carbonyl (C=O) groups is 1. The Bertz CT molecular complexity index is 250. The molecule has 4 nitrogen and oxygen atoms in total. The molecule has 1 rings (SSSR count). The van der Waals surface area contributed by atoms with Gasteiger partial charge in [-0.15, -0.1) is 0 Å². The molecule has 1 heterocycles. The third kappa shape index (κ3) is 5.88. The largest absolute Gasteiger partial charge is 0.389 e. The zero-order chi connectivity index (χ0) is 12.9. The molecule has 2 unspecified atom stereocenters. The average molecular weight is 253 g/mol. The minimum Gasteiger partial charge on any atom is -0.355 e. The molecular formula is C10H18F3N3O. The number of hydrogen-bond donors (Lipinski definition) is 3. The highest BCUT2D eigenvalue weighted by Crippen LogP contribution is 2.20. The lowest BCUT2D eigenvalue weighted by atomic mass is 10.1. The van der Waals surface area contributed by atoms with E-state index in [2.05, 4.69) is 16.0 Å². The normalized spacial score (nSPS) is 25.6. The molecule has 0 saturated carbocycles. The fourth-order valence-corrected chi connectivity index (χ4v) is 1.59. The van der Waals surface area contributed by atoms with Crippen molar-refractivity contribution >= 4 is 5.91 Å². The van der Waals surface area contributed by atoms with Gasteiger partial charge in [-0.2, -0.15) is 13.2 Å². The molecule has 3 N–H and O–H groups in total. The monoisotopic (exact) mass is 253 g/mol. The summed E-state index contributed by atoms with van der Waals surface area (Å²) >= 11 is 0. The lowest BCUT2D eigenvalue weighted by Crippen LogP contribution is -2.58. The molecule has 1 aliphatic rings. The van der Waals surface area contributed by atoms with Crippen LogP contribution in [0.15, 0.2) is 0 Å². The third-order valence-electron chi connectivity index (χ3n) is 2.59. The summed E-state index contributed by atoms with van der Waals surface area (Å²) in [5.41, 5.74) is 0. The van der Waals surface area contributed by atoms with Crippen LogP contribution in [0.2, 0.25) is 0 Å². The van der Waals surface area contributed by atoms with Crippen LogP contribution in [0.4, 0.5) is 13.2 Å². The van der Waals surface area contributed by atoms with Crippen LogP contribution in [0.1, 0.15) is 19.8 Å². The van der Waals surface area contributed by atoms with Gasteiger partial charge in [-0.1, -0.05) is 0 Å². The first-order valence-electron chi connectivity index (χ1n) is 5.70. The SMILES string of the molecule is CC1CNC(C(=O)NCCCC(F)(F)F)CN1. The molecule has 100 valence electrons. The molecule has 0 bridgehead atoms. The van der Waals surface area contributed by atoms with Crippen molar-refractivity contribution in [2.24, 2.45) is 0 Å². The lowest BCUT2D eigenvalue weighted by Gasteiger charge is -2.28. The minimum atomic E-state index is -4.15. The third-order valence-corrected chi connectivity index (χ3v) is 2.59. The Morgan fingerprint density at radius 2 is 2.06 bits per heavy atom. The molecule has 1 fully saturated rings. The second kappa shape index (κ2) is 6.20. The zero-order valence-corrected chi connectivity index (χ0v) is 9.73. The van der Waals surface area contributed by atoms with E-state index in [0.717, 1.165) is 0 Å². The summed E-state index contributed by atoms with van der Waals surface area (Å²) < 4.78 is 35.5. The van der Waals surface area contributed by atoms with Crippen molar-refractivity contribution in [1.82, 2.24) is 16.0 Å². The topological polar surface area (TPSA) is 53.2 Å². The predicted octanol–water partition coefficient (Wildman–Crippen LogP) is 0.395. The molecular weight excluding hydrogens is 235 g/mol. The van der Waals surface area contributed by atoms with E-state index in [-0.39, 0.29) is 24.9 Å². The van der Waals surface area contributed by atoms with Crippen LogP contribution in [-0.4, -0.2) is 43.8 Å². The van der Waals surface area contributed by atoms with Crippen molar-refractivity contribution in [2.45, 2.75) is 38.0 Å². The quantitative estimate of drug-likeness (QED) is 0.635. The van der Waals surface area contributed by atoms with E-state index in [1.165, 1.54) is 0 Å². The van der Waals surface area contributed by atoms with Crippen LogP contribution in [0.25, 0.3) is 0 Å². The van der Waals surface area contributed by atoms with Crippen molar-refractivity contribution in [3.8, 4) is 0 Å². The lowest BCUT2D eigenvalue weighted by molar-refractivity contribution is -0.136. The molecule has 0 aromatic carbocycles. The van der Waals surface area contributed by atoms with Gasteiger partial charge >= 0.3 is 6.18 Å². The van der Waals surface area contributed by atoms with Gasteiger partial charge < -0.3 is 16.0 Å². The zero-order valence-electron chi connectivity index (χ0n) is 9.73. The summed E-state index contributed by atoms with van der Waals surface area (Å²) in [6.07, 6.45) is -5.09. The molecule has 1 saturated heterocycles. The Morgan fingerprint density at radius 3 is 2.59 bits per heavy atom. The van der Waals surface area contributed by atoms with Crippen LogP contribution in [-0.2, 0) is 4.79 Å². The van der Waals surface area contributed by atoms with Crippen molar-refractivity contribution in [3.63, 3.8) is 0 Å². The molecule has 1 aliphatic heterocycles. The number of nitrogens with one attached hydrogen (secondary N) is 3. The maximum Gasteiger partial charge on any atom is 0.389 e. The Morgan fingerprint density at radius 1 is 1.35 bits per heavy atom. The van der Waals surface area contributed by atoms with Gasteiger partial charge in [0, 0.05) is 32.1 Å². The highest BCUT2D eigenvalue weighted by atomic mass is 19.4. The van der Waals surface area contributed by atoms with E-state index in [4.69, 9.17) is 0 Å². The van der Waals surface area contributed by atoms with Crippen LogP contribution in [0, 0.1) is 0 Å². The average Bonchev–Trinajstić information content (AvgIpc) is 2.24. The molecule has 7 heteroatoms. The van der Waals surface area contributed by atoms with Gasteiger partial charge in [0.05, 0.1) is 6.04 Å². The van der Waals surface area contributed by atoms with Crippen LogP contribution >= 0.6 is 0 Å². The molecule has 17 heavy (non-hydrogen) atoms. The van der Waals surface area contributed by atoms with Crippen LogP contribution in [0.3, 0.4) is 0 Å². The maximum atomic E-state index is 11.8. The molecule has 0 aromatic heterocycles. The second-order valence-electron chi connectivity index (χ2n) is 4.28. The number of carbonyl (C=O) groups excluding carboxylic acids is 1. The van der Waals surface area contributed by atoms with Gasteiger partial charge in [-0.3, -0.25) is 4.79 Å². The van der Waals surface area contributed by atoms with Crippen molar-refractivity contribution in [1.29, 1.82) is 0 Å². The van der Waals surface area contributed by atoms with Crippen molar-refractivity contribution in [3.05, 3.63) is 0 Å². The van der Waals surface area contributed by atoms with E-state index in [9.17, 15) is 18.0 Å². The van der Waals surface area contributed by atoms with E-state index in [1.54, 1.807) is 0 Å². The first kappa shape index (κ1) is 14.2. The number of halogens is 3. The highest BCUT2D eigenvalue weighted by molar-refractivity contribution is 5.82. The minimum absolute atomic E-state index is 0.0616. The van der Waals surface area contributed by atoms with Crippen LogP contribution in [0.5, 0.6) is 0 Å². The Balaban J connectivity index is 2.13. The molecule has 1 amide bonds. The van der Waals surface area contributed by atoms with Gasteiger partial charge in [0.15, 0.2) is 0 Å². The summed E-state index contributed by atoms with van der Waals surface area (Å²) in [5, 5.41) is 8.65. The molecule has 0 aromatic rings. The van der Waals surface area contributed by atoms with E-state index in [0.29, 0.717) is 19.1 Å². The van der Waals surface area contributed by atoms with Gasteiger partial charge in [-0.05, 0) is 13.3 Å². The van der Waals surface area contributed by atoms with E-state index in [1.807, 2.05) is 6.92 Å². The Hall–Kier alpha value is -0.820. The summed E-state index contributed by atoms with van der Waals surface area (Å²) in [6, 6.07) is -0.0404. The van der Waals surface area contributed by atoms with Crippen molar-refractivity contribution in [2.75, 3.05) is 19.6 Å². The first-order valence-corrected chi connectivity index (χ1v) is 5.70. The van der Waals surface area contributed by atoms with E-state index >= 15 is 0 Å². The van der Waals surface area contributed by atoms with Gasteiger partial charge in [-0.25, -0.2) is 0 Å². The van der Waals surface area contributed by atoms with Gasteiger partial charge in [0.25, 0.3) is 0 Å². The molecule has 2 atom stereocenters. The number of amides is 1. The fraction of sp³-hybridized carbons (Fsp3) is 0.900. The second-order valence-corrected chi connectivity index (χ2v) is 4.28. The summed E-state index contributed by atoms with van der Waals surface area (Å²) in [7, 11) is 0. The number of hydrogen-bond acceptors (Lipinski definition) is 3. The predicted molar refractivity (Wildman–Crippen MR) is 57.6 cm³/mol. The Kier molecular flexibility index (Phi) is 5.20. The Labute approximate surface area is 98.3 Å². The molecule has 0 spiro atoms. The maximum absolute atomic E-state index is 11.8. The summed E-state index contributed by atoms with van der Waals surface area (Å²) in [6.45, 7) is 3.24. The van der Waals surface area contributed by atoms with Crippen molar-refractivity contribution < 1.29 is 18.0 Å². The molecule has 0 aliphatic carbocycles. The summed E-state index contributed by atoms with van der Waals surface area (Å²) in [5.74, 6) is -0.244. The number of rotatable bonds is 4. The highest BCUT2D eigenvalue weighted by Gasteiger charge is 2.27. The van der Waals surface area contributed by atoms with Gasteiger partial charge in [0.2, 0.25) is 5.91 Å².